The van der Waals surface area contributed by atoms with Crippen molar-refractivity contribution in [3.05, 3.63) is 35.7 Å². The highest BCUT2D eigenvalue weighted by Gasteiger charge is 2.19. The standard InChI is InChI=1S/C21H24N3OS/c1-25-18-12-16(24-10-4-5-11-24)14-20-21(18)22-17-7-6-15(13-19(17)26-20)23-8-2-3-9-23/h6-7,12-14H,2-5,8-11H2,1H3/q+1. The molecule has 0 bridgehead atoms. The van der Waals surface area contributed by atoms with E-state index in [0.717, 1.165) is 30.0 Å². The van der Waals surface area contributed by atoms with Crippen LogP contribution in [0, 0.1) is 0 Å². The highest BCUT2D eigenvalue weighted by Crippen LogP contribution is 2.38. The first-order valence-corrected chi connectivity index (χ1v) is 10.4. The van der Waals surface area contributed by atoms with Crippen LogP contribution in [0.25, 0.3) is 20.8 Å². The van der Waals surface area contributed by atoms with Gasteiger partial charge in [-0.2, -0.15) is 0 Å². The maximum atomic E-state index is 5.69. The van der Waals surface area contributed by atoms with Gasteiger partial charge in [-0.3, -0.25) is 0 Å². The van der Waals surface area contributed by atoms with Gasteiger partial charge in [0.1, 0.15) is 24.4 Å². The number of rotatable bonds is 2. The topological polar surface area (TPSA) is 28.4 Å². The molecule has 1 aromatic carbocycles. The van der Waals surface area contributed by atoms with Crippen molar-refractivity contribution in [2.24, 2.45) is 0 Å². The van der Waals surface area contributed by atoms with Crippen LogP contribution in [-0.4, -0.2) is 38.3 Å². The predicted octanol–water partition coefficient (Wildman–Crippen LogP) is 3.58. The van der Waals surface area contributed by atoms with E-state index in [9.17, 15) is 0 Å². The monoisotopic (exact) mass is 366 g/mol. The van der Waals surface area contributed by atoms with Gasteiger partial charge >= 0.3 is 0 Å². The summed E-state index contributed by atoms with van der Waals surface area (Å²) in [6.07, 6.45) is 5.15. The summed E-state index contributed by atoms with van der Waals surface area (Å²) in [5.41, 5.74) is 3.29. The summed E-state index contributed by atoms with van der Waals surface area (Å²) in [5, 5.41) is 1.33. The van der Waals surface area contributed by atoms with Gasteiger partial charge in [0.05, 0.1) is 22.4 Å². The second kappa shape index (κ2) is 6.54. The number of nitrogens with zero attached hydrogens (tertiary/aromatic N) is 3. The number of aromatic nitrogens is 1. The zero-order valence-electron chi connectivity index (χ0n) is 15.2. The molecule has 0 aromatic heterocycles. The van der Waals surface area contributed by atoms with Crippen molar-refractivity contribution < 1.29 is 4.74 Å². The fourth-order valence-corrected chi connectivity index (χ4v) is 5.22. The lowest BCUT2D eigenvalue weighted by molar-refractivity contribution is 0.419. The summed E-state index contributed by atoms with van der Waals surface area (Å²) in [6, 6.07) is 11.1. The Morgan fingerprint density at radius 2 is 1.85 bits per heavy atom. The van der Waals surface area contributed by atoms with Gasteiger partial charge in [0, 0.05) is 49.8 Å². The van der Waals surface area contributed by atoms with Crippen LogP contribution in [0.4, 0.5) is 5.69 Å². The molecule has 26 heavy (non-hydrogen) atoms. The first-order valence-electron chi connectivity index (χ1n) is 9.57. The van der Waals surface area contributed by atoms with E-state index in [1.54, 1.807) is 7.11 Å². The summed E-state index contributed by atoms with van der Waals surface area (Å²) in [7, 11) is 1.75. The summed E-state index contributed by atoms with van der Waals surface area (Å²) >= 11 is 1.83. The van der Waals surface area contributed by atoms with Crippen LogP contribution < -0.4 is 19.6 Å². The molecular weight excluding hydrogens is 342 g/mol. The average Bonchev–Trinajstić information content (AvgIpc) is 3.39. The molecular formula is C21H24N3OS+. The zero-order chi connectivity index (χ0) is 17.5. The Morgan fingerprint density at radius 3 is 2.62 bits per heavy atom. The van der Waals surface area contributed by atoms with E-state index in [4.69, 9.17) is 9.72 Å². The molecule has 5 heteroatoms. The van der Waals surface area contributed by atoms with E-state index in [0.29, 0.717) is 0 Å². The first kappa shape index (κ1) is 16.1. The molecule has 2 fully saturated rings. The third-order valence-electron chi connectivity index (χ3n) is 5.58. The van der Waals surface area contributed by atoms with Crippen molar-refractivity contribution in [2.75, 3.05) is 38.2 Å². The summed E-state index contributed by atoms with van der Waals surface area (Å²) in [6.45, 7) is 4.62. The lowest BCUT2D eigenvalue weighted by atomic mass is 10.2. The largest absolute Gasteiger partial charge is 0.494 e. The van der Waals surface area contributed by atoms with Crippen LogP contribution in [0.5, 0.6) is 5.75 Å². The van der Waals surface area contributed by atoms with E-state index in [1.165, 1.54) is 59.4 Å². The average molecular weight is 367 g/mol. The van der Waals surface area contributed by atoms with Crippen molar-refractivity contribution in [2.45, 2.75) is 25.7 Å². The number of anilines is 1. The molecule has 0 saturated carbocycles. The molecule has 4 nitrogen and oxygen atoms in total. The smallest absolute Gasteiger partial charge is 0.201 e. The lowest BCUT2D eigenvalue weighted by Crippen LogP contribution is -2.26. The summed E-state index contributed by atoms with van der Waals surface area (Å²) in [5.74, 6) is 0.881. The Labute approximate surface area is 157 Å². The Bertz CT molecular complexity index is 996. The summed E-state index contributed by atoms with van der Waals surface area (Å²) < 4.78 is 9.38. The molecule has 2 saturated heterocycles. The zero-order valence-corrected chi connectivity index (χ0v) is 16.0. The normalized spacial score (nSPS) is 17.6. The van der Waals surface area contributed by atoms with E-state index < -0.39 is 0 Å². The minimum atomic E-state index is 0.881. The minimum Gasteiger partial charge on any atom is -0.494 e. The molecule has 0 radical (unpaired) electrons. The van der Waals surface area contributed by atoms with Gasteiger partial charge in [0.15, 0.2) is 0 Å². The number of ether oxygens (including phenoxy) is 1. The van der Waals surface area contributed by atoms with Gasteiger partial charge in [-0.25, -0.2) is 9.56 Å². The number of benzene rings is 2. The Hall–Kier alpha value is -2.14. The van der Waals surface area contributed by atoms with Crippen molar-refractivity contribution in [1.29, 1.82) is 0 Å². The highest BCUT2D eigenvalue weighted by molar-refractivity contribution is 7.21. The lowest BCUT2D eigenvalue weighted by Gasteiger charge is -2.19. The minimum absolute atomic E-state index is 0.881. The molecule has 0 atom stereocenters. The molecule has 0 N–H and O–H groups in total. The van der Waals surface area contributed by atoms with Crippen LogP contribution in [0.2, 0.25) is 0 Å². The van der Waals surface area contributed by atoms with Crippen LogP contribution in [-0.2, 0) is 0 Å². The summed E-state index contributed by atoms with van der Waals surface area (Å²) in [4.78, 5) is 8.64. The van der Waals surface area contributed by atoms with Crippen LogP contribution in [0.1, 0.15) is 25.7 Å². The van der Waals surface area contributed by atoms with Crippen molar-refractivity contribution in [3.8, 4) is 16.3 Å². The van der Waals surface area contributed by atoms with E-state index in [2.05, 4.69) is 39.8 Å². The van der Waals surface area contributed by atoms with Crippen LogP contribution in [0.15, 0.2) is 30.3 Å². The van der Waals surface area contributed by atoms with Gasteiger partial charge in [-0.15, -0.1) is 11.3 Å². The van der Waals surface area contributed by atoms with Crippen molar-refractivity contribution in [3.63, 3.8) is 0 Å². The Balaban J connectivity index is 1.71. The molecule has 3 aliphatic heterocycles. The third kappa shape index (κ3) is 2.75. The maximum Gasteiger partial charge on any atom is 0.201 e. The second-order valence-electron chi connectivity index (χ2n) is 7.25. The van der Waals surface area contributed by atoms with Crippen molar-refractivity contribution >= 4 is 27.2 Å². The Kier molecular flexibility index (Phi) is 4.04. The molecule has 5 rings (SSSR count). The molecule has 0 amide bonds. The maximum absolute atomic E-state index is 5.69. The molecule has 134 valence electrons. The SMILES string of the molecule is COc1cc(N2CCCC2)cc2sc3cc(=[N+]4CCCC4)ccc-3nc12. The van der Waals surface area contributed by atoms with Gasteiger partial charge < -0.3 is 9.64 Å². The third-order valence-corrected chi connectivity index (χ3v) is 6.66. The predicted molar refractivity (Wildman–Crippen MR) is 108 cm³/mol. The Morgan fingerprint density at radius 1 is 1.04 bits per heavy atom. The number of hydrogen-bond acceptors (Lipinski definition) is 4. The molecule has 1 aliphatic carbocycles. The van der Waals surface area contributed by atoms with Crippen molar-refractivity contribution in [1.82, 2.24) is 9.56 Å². The first-order chi connectivity index (χ1) is 12.8. The molecule has 0 unspecified atom stereocenters. The van der Waals surface area contributed by atoms with E-state index in [-0.39, 0.29) is 0 Å². The molecule has 1 aromatic rings. The van der Waals surface area contributed by atoms with Gasteiger partial charge in [0.2, 0.25) is 5.36 Å². The van der Waals surface area contributed by atoms with E-state index >= 15 is 0 Å². The van der Waals surface area contributed by atoms with Gasteiger partial charge in [0.25, 0.3) is 0 Å². The number of fused-ring (bicyclic) bond motifs is 2. The molecule has 0 spiro atoms. The number of methoxy groups -OCH3 is 1. The van der Waals surface area contributed by atoms with E-state index in [1.807, 2.05) is 11.3 Å². The molecule has 4 aliphatic rings. The second-order valence-corrected chi connectivity index (χ2v) is 8.33. The molecule has 3 heterocycles. The highest BCUT2D eigenvalue weighted by atomic mass is 32.1. The quantitative estimate of drug-likeness (QED) is 0.513. The van der Waals surface area contributed by atoms with Crippen LogP contribution >= 0.6 is 11.3 Å². The van der Waals surface area contributed by atoms with Gasteiger partial charge in [-0.1, -0.05) is 0 Å². The number of hydrogen-bond donors (Lipinski definition) is 0. The fraction of sp³-hybridized carbons (Fsp3) is 0.429. The van der Waals surface area contributed by atoms with Crippen LogP contribution in [0.3, 0.4) is 0 Å². The fourth-order valence-electron chi connectivity index (χ4n) is 4.16. The van der Waals surface area contributed by atoms with Gasteiger partial charge in [-0.05, 0) is 25.0 Å².